The molecule has 0 amide bonds. The summed E-state index contributed by atoms with van der Waals surface area (Å²) in [6.45, 7) is 0. The standard InChI is InChI=1S/C17H11ClN4OS/c18-12-7-5-11(6-8-12)16-22-21-15(23-16)9-24-17-13-3-1-2-4-14(13)19-10-20-17/h1-8,10H,9H2. The number of hydrogen-bond donors (Lipinski definition) is 0. The number of rotatable bonds is 4. The van der Waals surface area contributed by atoms with E-state index in [0.717, 1.165) is 21.5 Å². The third-order valence-corrected chi connectivity index (χ3v) is 4.64. The van der Waals surface area contributed by atoms with E-state index in [1.807, 2.05) is 36.4 Å². The summed E-state index contributed by atoms with van der Waals surface area (Å²) in [4.78, 5) is 8.61. The number of nitrogens with zero attached hydrogens (tertiary/aromatic N) is 4. The second kappa shape index (κ2) is 6.59. The zero-order chi connectivity index (χ0) is 16.4. The molecule has 7 heteroatoms. The summed E-state index contributed by atoms with van der Waals surface area (Å²) in [7, 11) is 0. The summed E-state index contributed by atoms with van der Waals surface area (Å²) in [5, 5.41) is 10.8. The quantitative estimate of drug-likeness (QED) is 0.393. The van der Waals surface area contributed by atoms with Gasteiger partial charge in [0.15, 0.2) is 0 Å². The van der Waals surface area contributed by atoms with Gasteiger partial charge in [0.25, 0.3) is 0 Å². The average molecular weight is 355 g/mol. The molecule has 4 rings (SSSR count). The van der Waals surface area contributed by atoms with Crippen LogP contribution in [0.3, 0.4) is 0 Å². The van der Waals surface area contributed by atoms with Crippen molar-refractivity contribution in [2.45, 2.75) is 10.8 Å². The summed E-state index contributed by atoms with van der Waals surface area (Å²) in [6.07, 6.45) is 1.57. The second-order valence-corrected chi connectivity index (χ2v) is 6.39. The zero-order valence-electron chi connectivity index (χ0n) is 12.4. The van der Waals surface area contributed by atoms with Crippen LogP contribution in [0.5, 0.6) is 0 Å². The van der Waals surface area contributed by atoms with E-state index >= 15 is 0 Å². The first-order valence-electron chi connectivity index (χ1n) is 7.20. The molecule has 2 heterocycles. The van der Waals surface area contributed by atoms with Crippen molar-refractivity contribution in [2.75, 3.05) is 0 Å². The fourth-order valence-electron chi connectivity index (χ4n) is 2.25. The maximum Gasteiger partial charge on any atom is 0.247 e. The number of para-hydroxylation sites is 1. The number of fused-ring (bicyclic) bond motifs is 1. The molecule has 0 aliphatic rings. The fraction of sp³-hybridized carbons (Fsp3) is 0.0588. The molecule has 0 saturated heterocycles. The van der Waals surface area contributed by atoms with Crippen LogP contribution in [0.4, 0.5) is 0 Å². The van der Waals surface area contributed by atoms with Gasteiger partial charge < -0.3 is 4.42 Å². The fourth-order valence-corrected chi connectivity index (χ4v) is 3.20. The van der Waals surface area contributed by atoms with E-state index in [2.05, 4.69) is 20.2 Å². The maximum absolute atomic E-state index is 5.89. The molecule has 0 spiro atoms. The third kappa shape index (κ3) is 3.11. The summed E-state index contributed by atoms with van der Waals surface area (Å²) < 4.78 is 5.71. The molecule has 0 bridgehead atoms. The molecule has 0 saturated carbocycles. The average Bonchev–Trinajstić information content (AvgIpc) is 3.09. The Balaban J connectivity index is 1.53. The number of thioether (sulfide) groups is 1. The van der Waals surface area contributed by atoms with E-state index in [1.54, 1.807) is 30.2 Å². The number of hydrogen-bond acceptors (Lipinski definition) is 6. The predicted molar refractivity (Wildman–Crippen MR) is 93.8 cm³/mol. The molecule has 0 unspecified atom stereocenters. The van der Waals surface area contributed by atoms with Gasteiger partial charge in [0.1, 0.15) is 11.4 Å². The van der Waals surface area contributed by atoms with Crippen LogP contribution >= 0.6 is 23.4 Å². The topological polar surface area (TPSA) is 64.7 Å². The Bertz CT molecular complexity index is 982. The van der Waals surface area contributed by atoms with Crippen LogP contribution in [0.15, 0.2) is 64.3 Å². The van der Waals surface area contributed by atoms with Gasteiger partial charge in [0.2, 0.25) is 11.8 Å². The van der Waals surface area contributed by atoms with Crippen LogP contribution in [0.2, 0.25) is 5.02 Å². The van der Waals surface area contributed by atoms with Crippen LogP contribution < -0.4 is 0 Å². The van der Waals surface area contributed by atoms with Crippen molar-refractivity contribution in [3.63, 3.8) is 0 Å². The summed E-state index contributed by atoms with van der Waals surface area (Å²) in [5.74, 6) is 1.57. The Morgan fingerprint density at radius 2 is 1.79 bits per heavy atom. The zero-order valence-corrected chi connectivity index (χ0v) is 14.0. The van der Waals surface area contributed by atoms with Crippen molar-refractivity contribution in [3.8, 4) is 11.5 Å². The molecule has 2 aromatic carbocycles. The molecule has 0 radical (unpaired) electrons. The van der Waals surface area contributed by atoms with Crippen LogP contribution in [0.1, 0.15) is 5.89 Å². The molecule has 0 fully saturated rings. The van der Waals surface area contributed by atoms with Crippen LogP contribution in [-0.4, -0.2) is 20.2 Å². The Kier molecular flexibility index (Phi) is 4.15. The van der Waals surface area contributed by atoms with E-state index in [0.29, 0.717) is 22.6 Å². The van der Waals surface area contributed by atoms with Crippen molar-refractivity contribution < 1.29 is 4.42 Å². The van der Waals surface area contributed by atoms with E-state index < -0.39 is 0 Å². The van der Waals surface area contributed by atoms with Gasteiger partial charge in [-0.1, -0.05) is 41.6 Å². The highest BCUT2D eigenvalue weighted by Gasteiger charge is 2.10. The van der Waals surface area contributed by atoms with Gasteiger partial charge in [-0.3, -0.25) is 0 Å². The van der Waals surface area contributed by atoms with Gasteiger partial charge in [-0.05, 0) is 30.3 Å². The molecule has 0 aliphatic carbocycles. The maximum atomic E-state index is 5.89. The molecule has 0 aliphatic heterocycles. The number of aromatic nitrogens is 4. The minimum atomic E-state index is 0.481. The molecule has 118 valence electrons. The Labute approximate surface area is 147 Å². The first-order valence-corrected chi connectivity index (χ1v) is 8.57. The van der Waals surface area contributed by atoms with Crippen molar-refractivity contribution in [1.29, 1.82) is 0 Å². The lowest BCUT2D eigenvalue weighted by atomic mass is 10.2. The van der Waals surface area contributed by atoms with Gasteiger partial charge in [0.05, 0.1) is 11.3 Å². The molecule has 4 aromatic rings. The molecular weight excluding hydrogens is 344 g/mol. The van der Waals surface area contributed by atoms with Crippen LogP contribution in [0, 0.1) is 0 Å². The van der Waals surface area contributed by atoms with E-state index in [-0.39, 0.29) is 0 Å². The monoisotopic (exact) mass is 354 g/mol. The lowest BCUT2D eigenvalue weighted by molar-refractivity contribution is 0.528. The molecule has 0 N–H and O–H groups in total. The minimum Gasteiger partial charge on any atom is -0.420 e. The van der Waals surface area contributed by atoms with E-state index in [9.17, 15) is 0 Å². The van der Waals surface area contributed by atoms with E-state index in [4.69, 9.17) is 16.0 Å². The SMILES string of the molecule is Clc1ccc(-c2nnc(CSc3ncnc4ccccc34)o2)cc1. The van der Waals surface area contributed by atoms with Gasteiger partial charge >= 0.3 is 0 Å². The molecule has 24 heavy (non-hydrogen) atoms. The second-order valence-electron chi connectivity index (χ2n) is 4.99. The first-order chi connectivity index (χ1) is 11.8. The summed E-state index contributed by atoms with van der Waals surface area (Å²) in [5.41, 5.74) is 1.76. The molecule has 0 atom stereocenters. The Hall–Kier alpha value is -2.44. The molecule has 2 aromatic heterocycles. The highest BCUT2D eigenvalue weighted by molar-refractivity contribution is 7.98. The number of benzene rings is 2. The lowest BCUT2D eigenvalue weighted by Gasteiger charge is -2.02. The van der Waals surface area contributed by atoms with Crippen molar-refractivity contribution in [2.24, 2.45) is 0 Å². The Morgan fingerprint density at radius 3 is 2.67 bits per heavy atom. The third-order valence-electron chi connectivity index (χ3n) is 3.40. The van der Waals surface area contributed by atoms with Crippen molar-refractivity contribution in [1.82, 2.24) is 20.2 Å². The smallest absolute Gasteiger partial charge is 0.247 e. The highest BCUT2D eigenvalue weighted by Crippen LogP contribution is 2.28. The lowest BCUT2D eigenvalue weighted by Crippen LogP contribution is -1.88. The van der Waals surface area contributed by atoms with Gasteiger partial charge in [-0.25, -0.2) is 9.97 Å². The van der Waals surface area contributed by atoms with Gasteiger partial charge in [0, 0.05) is 16.0 Å². The van der Waals surface area contributed by atoms with E-state index in [1.165, 1.54) is 0 Å². The van der Waals surface area contributed by atoms with Crippen LogP contribution in [0.25, 0.3) is 22.4 Å². The number of halogens is 1. The summed E-state index contributed by atoms with van der Waals surface area (Å²) >= 11 is 7.43. The minimum absolute atomic E-state index is 0.481. The van der Waals surface area contributed by atoms with Gasteiger partial charge in [-0.15, -0.1) is 10.2 Å². The normalized spacial score (nSPS) is 11.0. The Morgan fingerprint density at radius 1 is 0.958 bits per heavy atom. The van der Waals surface area contributed by atoms with Crippen molar-refractivity contribution >= 4 is 34.3 Å². The van der Waals surface area contributed by atoms with Crippen molar-refractivity contribution in [3.05, 3.63) is 65.8 Å². The summed E-state index contributed by atoms with van der Waals surface area (Å²) in [6, 6.07) is 15.2. The van der Waals surface area contributed by atoms with Gasteiger partial charge in [-0.2, -0.15) is 0 Å². The predicted octanol–water partition coefficient (Wildman–Crippen LogP) is 4.63. The molecule has 5 nitrogen and oxygen atoms in total. The van der Waals surface area contributed by atoms with Crippen LogP contribution in [-0.2, 0) is 5.75 Å². The first kappa shape index (κ1) is 15.1. The highest BCUT2D eigenvalue weighted by atomic mass is 35.5. The molecular formula is C17H11ClN4OS. The largest absolute Gasteiger partial charge is 0.420 e.